The van der Waals surface area contributed by atoms with Crippen molar-refractivity contribution < 1.29 is 4.42 Å². The number of hydrogen-bond acceptors (Lipinski definition) is 3. The van der Waals surface area contributed by atoms with Gasteiger partial charge >= 0.3 is 0 Å². The van der Waals surface area contributed by atoms with E-state index in [2.05, 4.69) is 150 Å². The fourth-order valence-electron chi connectivity index (χ4n) is 6.51. The highest BCUT2D eigenvalue weighted by Crippen LogP contribution is 2.50. The molecular formula is C40H25NOS. The lowest BCUT2D eigenvalue weighted by Gasteiger charge is -2.27. The minimum atomic E-state index is 0.887. The summed E-state index contributed by atoms with van der Waals surface area (Å²) in [4.78, 5) is 2.43. The van der Waals surface area contributed by atoms with E-state index in [0.29, 0.717) is 0 Å². The number of fused-ring (bicyclic) bond motifs is 7. The topological polar surface area (TPSA) is 16.4 Å². The van der Waals surface area contributed by atoms with Crippen molar-refractivity contribution in [2.45, 2.75) is 0 Å². The predicted molar refractivity (Wildman–Crippen MR) is 184 cm³/mol. The van der Waals surface area contributed by atoms with Crippen LogP contribution in [0.4, 0.5) is 17.1 Å². The summed E-state index contributed by atoms with van der Waals surface area (Å²) in [5.74, 6) is 0. The Hall–Kier alpha value is -5.38. The van der Waals surface area contributed by atoms with Crippen molar-refractivity contribution in [2.24, 2.45) is 0 Å². The second kappa shape index (κ2) is 9.59. The average molecular weight is 568 g/mol. The van der Waals surface area contributed by atoms with Crippen LogP contribution in [-0.2, 0) is 0 Å². The Morgan fingerprint density at radius 3 is 2.14 bits per heavy atom. The van der Waals surface area contributed by atoms with Crippen LogP contribution in [0.15, 0.2) is 156 Å². The van der Waals surface area contributed by atoms with Crippen molar-refractivity contribution in [3.05, 3.63) is 152 Å². The lowest BCUT2D eigenvalue weighted by atomic mass is 9.98. The number of rotatable bonds is 4. The first kappa shape index (κ1) is 24.2. The lowest BCUT2D eigenvalue weighted by molar-refractivity contribution is 0.669. The molecule has 2 nitrogen and oxygen atoms in total. The maximum atomic E-state index is 6.37. The van der Waals surface area contributed by atoms with Crippen LogP contribution in [0.2, 0.25) is 0 Å². The summed E-state index contributed by atoms with van der Waals surface area (Å²) in [6.45, 7) is 0. The number of thiophene rings is 1. The van der Waals surface area contributed by atoms with Gasteiger partial charge in [0.1, 0.15) is 11.2 Å². The molecule has 202 valence electrons. The zero-order valence-electron chi connectivity index (χ0n) is 23.2. The fraction of sp³-hybridized carbons (Fsp3) is 0. The molecule has 2 heterocycles. The Bertz CT molecular complexity index is 2470. The summed E-state index contributed by atoms with van der Waals surface area (Å²) >= 11 is 1.86. The van der Waals surface area contributed by atoms with Crippen molar-refractivity contribution in [2.75, 3.05) is 4.90 Å². The molecule has 0 aliphatic rings. The lowest BCUT2D eigenvalue weighted by Crippen LogP contribution is -2.10. The minimum absolute atomic E-state index is 0.887. The summed E-state index contributed by atoms with van der Waals surface area (Å²) in [5, 5.41) is 7.25. The van der Waals surface area contributed by atoms with E-state index < -0.39 is 0 Å². The van der Waals surface area contributed by atoms with Crippen LogP contribution in [0, 0.1) is 0 Å². The molecule has 0 amide bonds. The van der Waals surface area contributed by atoms with Crippen molar-refractivity contribution >= 4 is 81.3 Å². The fourth-order valence-corrected chi connectivity index (χ4v) is 7.75. The normalized spacial score (nSPS) is 11.7. The molecule has 0 aliphatic carbocycles. The third-order valence-electron chi connectivity index (χ3n) is 8.44. The van der Waals surface area contributed by atoms with E-state index in [4.69, 9.17) is 4.42 Å². The molecule has 0 fully saturated rings. The zero-order chi connectivity index (χ0) is 28.3. The molecule has 0 radical (unpaired) electrons. The Kier molecular flexibility index (Phi) is 5.40. The van der Waals surface area contributed by atoms with E-state index in [1.165, 1.54) is 42.1 Å². The van der Waals surface area contributed by atoms with E-state index in [-0.39, 0.29) is 0 Å². The molecular weight excluding hydrogens is 543 g/mol. The van der Waals surface area contributed by atoms with E-state index in [9.17, 15) is 0 Å². The van der Waals surface area contributed by atoms with Gasteiger partial charge in [0.05, 0.1) is 21.5 Å². The van der Waals surface area contributed by atoms with Crippen molar-refractivity contribution in [3.8, 4) is 11.1 Å². The Labute approximate surface area is 252 Å². The van der Waals surface area contributed by atoms with Gasteiger partial charge in [-0.3, -0.25) is 0 Å². The Morgan fingerprint density at radius 1 is 0.488 bits per heavy atom. The van der Waals surface area contributed by atoms with Gasteiger partial charge in [0.2, 0.25) is 0 Å². The van der Waals surface area contributed by atoms with Gasteiger partial charge in [-0.25, -0.2) is 0 Å². The molecule has 9 aromatic rings. The zero-order valence-corrected chi connectivity index (χ0v) is 24.0. The van der Waals surface area contributed by atoms with Gasteiger partial charge in [0.15, 0.2) is 0 Å². The van der Waals surface area contributed by atoms with Crippen LogP contribution in [-0.4, -0.2) is 0 Å². The second-order valence-corrected chi connectivity index (χ2v) is 12.0. The molecule has 0 N–H and O–H groups in total. The van der Waals surface area contributed by atoms with Gasteiger partial charge in [-0.15, -0.1) is 11.3 Å². The summed E-state index contributed by atoms with van der Waals surface area (Å²) in [6.07, 6.45) is 0. The van der Waals surface area contributed by atoms with Crippen LogP contribution < -0.4 is 4.90 Å². The molecule has 0 saturated carbocycles. The third kappa shape index (κ3) is 3.79. The molecule has 0 spiro atoms. The van der Waals surface area contributed by atoms with Crippen LogP contribution in [0.5, 0.6) is 0 Å². The summed E-state index contributed by atoms with van der Waals surface area (Å²) < 4.78 is 8.92. The van der Waals surface area contributed by atoms with E-state index >= 15 is 0 Å². The predicted octanol–water partition coefficient (Wildman–Crippen LogP) is 12.2. The first-order valence-electron chi connectivity index (χ1n) is 14.5. The van der Waals surface area contributed by atoms with Gasteiger partial charge in [-0.1, -0.05) is 109 Å². The number of furan rings is 1. The van der Waals surface area contributed by atoms with Crippen molar-refractivity contribution in [3.63, 3.8) is 0 Å². The maximum absolute atomic E-state index is 6.37. The Balaban J connectivity index is 1.41. The molecule has 0 bridgehead atoms. The first-order chi connectivity index (χ1) is 21.3. The molecule has 3 heteroatoms. The van der Waals surface area contributed by atoms with Crippen molar-refractivity contribution in [1.82, 2.24) is 0 Å². The molecule has 9 rings (SSSR count). The molecule has 0 atom stereocenters. The highest BCUT2D eigenvalue weighted by molar-refractivity contribution is 7.26. The third-order valence-corrected chi connectivity index (χ3v) is 9.64. The second-order valence-electron chi connectivity index (χ2n) is 10.9. The Morgan fingerprint density at radius 2 is 1.23 bits per heavy atom. The van der Waals surface area contributed by atoms with Gasteiger partial charge in [0.25, 0.3) is 0 Å². The highest BCUT2D eigenvalue weighted by atomic mass is 32.1. The standard InChI is InChI=1S/C40H25NOS/c1-2-12-27(13-3-1)30-23-24-34(40-38(30)32-16-7-9-20-37(32)43-40)41(29-22-21-26-11-4-5-14-28(26)25-29)33-17-10-19-36-39(33)31-15-6-8-18-35(31)42-36/h1-25H. The number of benzene rings is 7. The van der Waals surface area contributed by atoms with Crippen LogP contribution >= 0.6 is 11.3 Å². The van der Waals surface area contributed by atoms with Crippen molar-refractivity contribution in [1.29, 1.82) is 0 Å². The number of para-hydroxylation sites is 1. The van der Waals surface area contributed by atoms with Crippen LogP contribution in [0.3, 0.4) is 0 Å². The van der Waals surface area contributed by atoms with E-state index in [0.717, 1.165) is 39.0 Å². The molecule has 43 heavy (non-hydrogen) atoms. The molecule has 0 unspecified atom stereocenters. The minimum Gasteiger partial charge on any atom is -0.456 e. The van der Waals surface area contributed by atoms with Gasteiger partial charge < -0.3 is 9.32 Å². The number of nitrogens with zero attached hydrogens (tertiary/aromatic N) is 1. The van der Waals surface area contributed by atoms with E-state index in [1.807, 2.05) is 17.4 Å². The molecule has 2 aromatic heterocycles. The van der Waals surface area contributed by atoms with Gasteiger partial charge in [-0.2, -0.15) is 0 Å². The monoisotopic (exact) mass is 567 g/mol. The van der Waals surface area contributed by atoms with Crippen LogP contribution in [0.25, 0.3) is 64.0 Å². The first-order valence-corrected chi connectivity index (χ1v) is 15.3. The van der Waals surface area contributed by atoms with Gasteiger partial charge in [0, 0.05) is 26.5 Å². The molecule has 0 aliphatic heterocycles. The largest absolute Gasteiger partial charge is 0.456 e. The molecule has 7 aromatic carbocycles. The van der Waals surface area contributed by atoms with E-state index in [1.54, 1.807) is 0 Å². The average Bonchev–Trinajstić information content (AvgIpc) is 3.65. The number of hydrogen-bond donors (Lipinski definition) is 0. The highest BCUT2D eigenvalue weighted by Gasteiger charge is 2.23. The number of anilines is 3. The summed E-state index contributed by atoms with van der Waals surface area (Å²) in [6, 6.07) is 54.2. The summed E-state index contributed by atoms with van der Waals surface area (Å²) in [7, 11) is 0. The quantitative estimate of drug-likeness (QED) is 0.210. The van der Waals surface area contributed by atoms with Crippen LogP contribution in [0.1, 0.15) is 0 Å². The van der Waals surface area contributed by atoms with Gasteiger partial charge in [-0.05, 0) is 64.4 Å². The molecule has 0 saturated heterocycles. The smallest absolute Gasteiger partial charge is 0.137 e. The SMILES string of the molecule is c1ccc(-c2ccc(N(c3ccc4ccccc4c3)c3cccc4oc5ccccc5c34)c3sc4ccccc4c23)cc1. The summed E-state index contributed by atoms with van der Waals surface area (Å²) in [5.41, 5.74) is 7.63. The maximum Gasteiger partial charge on any atom is 0.137 e.